The van der Waals surface area contributed by atoms with Crippen LogP contribution in [0.15, 0.2) is 78.9 Å². The van der Waals surface area contributed by atoms with Crippen LogP contribution in [0.1, 0.15) is 36.0 Å². The minimum Gasteiger partial charge on any atom is -0.479 e. The van der Waals surface area contributed by atoms with Gasteiger partial charge in [0.25, 0.3) is 0 Å². The average Bonchev–Trinajstić information content (AvgIpc) is 3.50. The third kappa shape index (κ3) is 5.66. The van der Waals surface area contributed by atoms with E-state index in [2.05, 4.69) is 34.9 Å². The monoisotopic (exact) mass is 527 g/mol. The summed E-state index contributed by atoms with van der Waals surface area (Å²) in [4.78, 5) is 39.7. The number of nitrogens with zero attached hydrogens (tertiary/aromatic N) is 1. The highest BCUT2D eigenvalue weighted by atomic mass is 16.5. The molecule has 8 heteroatoms. The normalized spacial score (nSPS) is 19.1. The largest absolute Gasteiger partial charge is 0.479 e. The van der Waals surface area contributed by atoms with Crippen LogP contribution < -0.4 is 10.6 Å². The summed E-state index contributed by atoms with van der Waals surface area (Å²) in [5.74, 6) is -2.16. The zero-order chi connectivity index (χ0) is 27.4. The molecule has 0 bridgehead atoms. The molecule has 1 heterocycles. The summed E-state index contributed by atoms with van der Waals surface area (Å²) in [6.07, 6.45) is -0.299. The molecule has 2 unspecified atom stereocenters. The van der Waals surface area contributed by atoms with Gasteiger partial charge in [0.2, 0.25) is 5.91 Å². The first-order valence-electron chi connectivity index (χ1n) is 13.3. The van der Waals surface area contributed by atoms with E-state index in [0.717, 1.165) is 27.8 Å². The Morgan fingerprint density at radius 2 is 1.59 bits per heavy atom. The average molecular weight is 528 g/mol. The Hall–Kier alpha value is -4.17. The maximum absolute atomic E-state index is 12.9. The highest BCUT2D eigenvalue weighted by molar-refractivity contribution is 5.89. The molecule has 3 N–H and O–H groups in total. The molecule has 1 aliphatic carbocycles. The van der Waals surface area contributed by atoms with Gasteiger partial charge in [0.15, 0.2) is 5.54 Å². The number of amides is 2. The van der Waals surface area contributed by atoms with Crippen LogP contribution in [0, 0.1) is 5.92 Å². The Morgan fingerprint density at radius 1 is 0.974 bits per heavy atom. The van der Waals surface area contributed by atoms with Crippen molar-refractivity contribution in [3.05, 3.63) is 95.6 Å². The number of carboxylic acid groups (broad SMARTS) is 1. The van der Waals surface area contributed by atoms with Gasteiger partial charge in [0.05, 0.1) is 5.92 Å². The molecule has 1 aliphatic heterocycles. The number of aliphatic carboxylic acids is 1. The zero-order valence-electron chi connectivity index (χ0n) is 21.9. The van der Waals surface area contributed by atoms with E-state index < -0.39 is 29.4 Å². The molecule has 0 aromatic heterocycles. The summed E-state index contributed by atoms with van der Waals surface area (Å²) in [5.41, 5.74) is 4.27. The van der Waals surface area contributed by atoms with Crippen LogP contribution in [0.3, 0.4) is 0 Å². The molecule has 1 fully saturated rings. The summed E-state index contributed by atoms with van der Waals surface area (Å²) in [7, 11) is 0. The van der Waals surface area contributed by atoms with Crippen LogP contribution in [0.2, 0.25) is 0 Å². The fourth-order valence-corrected chi connectivity index (χ4v) is 5.53. The molecular weight excluding hydrogens is 494 g/mol. The van der Waals surface area contributed by atoms with Gasteiger partial charge in [0.1, 0.15) is 6.61 Å². The van der Waals surface area contributed by atoms with Gasteiger partial charge in [0, 0.05) is 32.1 Å². The van der Waals surface area contributed by atoms with E-state index >= 15 is 0 Å². The molecular formula is C31H33N3O5. The minimum atomic E-state index is -1.36. The van der Waals surface area contributed by atoms with Crippen molar-refractivity contribution >= 4 is 18.0 Å². The van der Waals surface area contributed by atoms with Crippen LogP contribution in [0.5, 0.6) is 0 Å². The van der Waals surface area contributed by atoms with Crippen molar-refractivity contribution in [2.75, 3.05) is 26.2 Å². The molecule has 3 aromatic rings. The molecule has 202 valence electrons. The molecule has 5 rings (SSSR count). The Bertz CT molecular complexity index is 1320. The van der Waals surface area contributed by atoms with Gasteiger partial charge in [-0.2, -0.15) is 0 Å². The summed E-state index contributed by atoms with van der Waals surface area (Å²) in [6.45, 7) is 3.27. The van der Waals surface area contributed by atoms with E-state index in [4.69, 9.17) is 4.74 Å². The maximum Gasteiger partial charge on any atom is 0.407 e. The lowest BCUT2D eigenvalue weighted by Gasteiger charge is -2.28. The number of likely N-dealkylation sites (tertiary alicyclic amines) is 1. The minimum absolute atomic E-state index is 0.0337. The Morgan fingerprint density at radius 3 is 2.23 bits per heavy atom. The van der Waals surface area contributed by atoms with Gasteiger partial charge >= 0.3 is 12.1 Å². The van der Waals surface area contributed by atoms with Crippen LogP contribution in [0.25, 0.3) is 11.1 Å². The Kier molecular flexibility index (Phi) is 7.65. The van der Waals surface area contributed by atoms with Crippen molar-refractivity contribution in [2.24, 2.45) is 5.92 Å². The van der Waals surface area contributed by atoms with E-state index in [1.807, 2.05) is 59.5 Å². The van der Waals surface area contributed by atoms with Crippen molar-refractivity contribution in [1.29, 1.82) is 0 Å². The van der Waals surface area contributed by atoms with E-state index in [1.165, 1.54) is 0 Å². The molecule has 1 saturated heterocycles. The topological polar surface area (TPSA) is 108 Å². The zero-order valence-corrected chi connectivity index (χ0v) is 21.9. The van der Waals surface area contributed by atoms with Crippen molar-refractivity contribution in [3.63, 3.8) is 0 Å². The highest BCUT2D eigenvalue weighted by Gasteiger charge is 2.46. The first kappa shape index (κ1) is 26.4. The molecule has 2 amide bonds. The standard InChI is InChI=1S/C31H33N3O5/c1-21(28(35)33-31(29(36)37)15-16-34(20-31)18-22-9-3-2-4-10-22)17-32-30(38)39-19-27-25-13-7-5-11-23(25)24-12-6-8-14-26(24)27/h2-14,21,27H,15-20H2,1H3,(H,32,38)(H,33,35)(H,36,37). The molecule has 3 aromatic carbocycles. The quantitative estimate of drug-likeness (QED) is 0.388. The Balaban J connectivity index is 1.12. The van der Waals surface area contributed by atoms with E-state index in [9.17, 15) is 19.5 Å². The Labute approximate surface area is 228 Å². The predicted octanol–water partition coefficient (Wildman–Crippen LogP) is 4.01. The summed E-state index contributed by atoms with van der Waals surface area (Å²) in [5, 5.41) is 15.4. The number of ether oxygens (including phenoxy) is 1. The molecule has 0 spiro atoms. The number of carboxylic acids is 1. The highest BCUT2D eigenvalue weighted by Crippen LogP contribution is 2.44. The second-order valence-corrected chi connectivity index (χ2v) is 10.4. The number of alkyl carbamates (subject to hydrolysis) is 1. The first-order chi connectivity index (χ1) is 18.9. The number of carbonyl (C=O) groups is 3. The van der Waals surface area contributed by atoms with Crippen molar-refractivity contribution < 1.29 is 24.2 Å². The van der Waals surface area contributed by atoms with Crippen LogP contribution in [0.4, 0.5) is 4.79 Å². The number of carbonyl (C=O) groups excluding carboxylic acids is 2. The summed E-state index contributed by atoms with van der Waals surface area (Å²) >= 11 is 0. The fraction of sp³-hybridized carbons (Fsp3) is 0.323. The summed E-state index contributed by atoms with van der Waals surface area (Å²) < 4.78 is 5.55. The SMILES string of the molecule is CC(CNC(=O)OCC1c2ccccc2-c2ccccc21)C(=O)NC1(C(=O)O)CCN(Cc2ccccc2)C1. The molecule has 2 atom stereocenters. The molecule has 8 nitrogen and oxygen atoms in total. The molecule has 0 saturated carbocycles. The van der Waals surface area contributed by atoms with Gasteiger partial charge in [-0.05, 0) is 34.2 Å². The van der Waals surface area contributed by atoms with Crippen molar-refractivity contribution in [3.8, 4) is 11.1 Å². The summed E-state index contributed by atoms with van der Waals surface area (Å²) in [6, 6.07) is 26.0. The van der Waals surface area contributed by atoms with Gasteiger partial charge in [-0.3, -0.25) is 9.69 Å². The number of rotatable bonds is 9. The van der Waals surface area contributed by atoms with Gasteiger partial charge in [-0.25, -0.2) is 9.59 Å². The van der Waals surface area contributed by atoms with Crippen LogP contribution in [-0.4, -0.2) is 59.8 Å². The predicted molar refractivity (Wildman–Crippen MR) is 147 cm³/mol. The molecule has 39 heavy (non-hydrogen) atoms. The first-order valence-corrected chi connectivity index (χ1v) is 13.3. The lowest BCUT2D eigenvalue weighted by atomic mass is 9.97. The number of fused-ring (bicyclic) bond motifs is 3. The van der Waals surface area contributed by atoms with Crippen LogP contribution in [-0.2, 0) is 20.9 Å². The van der Waals surface area contributed by atoms with Gasteiger partial charge in [-0.15, -0.1) is 0 Å². The van der Waals surface area contributed by atoms with Crippen molar-refractivity contribution in [1.82, 2.24) is 15.5 Å². The fourth-order valence-electron chi connectivity index (χ4n) is 5.53. The van der Waals surface area contributed by atoms with Gasteiger partial charge < -0.3 is 20.5 Å². The lowest BCUT2D eigenvalue weighted by molar-refractivity contribution is -0.147. The van der Waals surface area contributed by atoms with E-state index in [1.54, 1.807) is 6.92 Å². The second kappa shape index (κ2) is 11.3. The van der Waals surface area contributed by atoms with E-state index in [-0.39, 0.29) is 25.6 Å². The molecule has 0 radical (unpaired) electrons. The van der Waals surface area contributed by atoms with Crippen molar-refractivity contribution in [2.45, 2.75) is 31.3 Å². The number of benzene rings is 3. The number of hydrogen-bond acceptors (Lipinski definition) is 5. The number of hydrogen-bond donors (Lipinski definition) is 3. The molecule has 2 aliphatic rings. The lowest BCUT2D eigenvalue weighted by Crippen LogP contribution is -2.58. The third-order valence-electron chi connectivity index (χ3n) is 7.71. The second-order valence-electron chi connectivity index (χ2n) is 10.4. The maximum atomic E-state index is 12.9. The van der Waals surface area contributed by atoms with Gasteiger partial charge in [-0.1, -0.05) is 85.8 Å². The van der Waals surface area contributed by atoms with Crippen LogP contribution >= 0.6 is 0 Å². The van der Waals surface area contributed by atoms with E-state index in [0.29, 0.717) is 19.5 Å². The number of nitrogens with one attached hydrogen (secondary N) is 2. The smallest absolute Gasteiger partial charge is 0.407 e. The third-order valence-corrected chi connectivity index (χ3v) is 7.71.